The van der Waals surface area contributed by atoms with Crippen LogP contribution in [0.1, 0.15) is 23.1 Å². The van der Waals surface area contributed by atoms with Gasteiger partial charge in [0.1, 0.15) is 0 Å². The molecular formula is C24H29N3O2S. The first-order valence-corrected chi connectivity index (χ1v) is 11.4. The highest BCUT2D eigenvalue weighted by atomic mass is 32.1. The highest BCUT2D eigenvalue weighted by Crippen LogP contribution is 2.32. The number of amides is 1. The fraction of sp³-hybridized carbons (Fsp3) is 0.417. The third kappa shape index (κ3) is 4.89. The van der Waals surface area contributed by atoms with Crippen LogP contribution in [0.5, 0.6) is 0 Å². The Morgan fingerprint density at radius 3 is 2.67 bits per heavy atom. The van der Waals surface area contributed by atoms with Crippen molar-refractivity contribution in [1.29, 1.82) is 0 Å². The minimum absolute atomic E-state index is 0.108. The highest BCUT2D eigenvalue weighted by Gasteiger charge is 2.21. The highest BCUT2D eigenvalue weighted by molar-refractivity contribution is 7.22. The van der Waals surface area contributed by atoms with Gasteiger partial charge in [-0.15, -0.1) is 0 Å². The Labute approximate surface area is 182 Å². The average Bonchev–Trinajstić information content (AvgIpc) is 3.20. The quantitative estimate of drug-likeness (QED) is 0.571. The lowest BCUT2D eigenvalue weighted by Gasteiger charge is -2.27. The molecule has 1 aliphatic rings. The zero-order valence-corrected chi connectivity index (χ0v) is 18.6. The number of fused-ring (bicyclic) bond motifs is 1. The number of benzene rings is 2. The van der Waals surface area contributed by atoms with Gasteiger partial charge in [-0.1, -0.05) is 47.7 Å². The van der Waals surface area contributed by atoms with Gasteiger partial charge in [-0.25, -0.2) is 4.98 Å². The van der Waals surface area contributed by atoms with Gasteiger partial charge >= 0.3 is 0 Å². The Morgan fingerprint density at radius 2 is 1.90 bits per heavy atom. The normalized spacial score (nSPS) is 14.9. The zero-order valence-electron chi connectivity index (χ0n) is 17.8. The summed E-state index contributed by atoms with van der Waals surface area (Å²) in [7, 11) is 0. The topological polar surface area (TPSA) is 45.7 Å². The van der Waals surface area contributed by atoms with Gasteiger partial charge in [-0.2, -0.15) is 0 Å². The van der Waals surface area contributed by atoms with E-state index in [1.165, 1.54) is 11.1 Å². The molecule has 4 rings (SSSR count). The number of morpholine rings is 1. The number of carbonyl (C=O) groups excluding carboxylic acids is 1. The Balaban J connectivity index is 1.54. The van der Waals surface area contributed by atoms with E-state index in [2.05, 4.69) is 30.9 Å². The van der Waals surface area contributed by atoms with Gasteiger partial charge in [0.25, 0.3) is 0 Å². The summed E-state index contributed by atoms with van der Waals surface area (Å²) in [5.41, 5.74) is 4.47. The number of hydrogen-bond donors (Lipinski definition) is 0. The minimum Gasteiger partial charge on any atom is -0.379 e. The van der Waals surface area contributed by atoms with Crippen LogP contribution in [0, 0.1) is 13.8 Å². The number of aromatic nitrogens is 1. The van der Waals surface area contributed by atoms with Crippen molar-refractivity contribution in [2.75, 3.05) is 44.3 Å². The van der Waals surface area contributed by atoms with E-state index >= 15 is 0 Å². The van der Waals surface area contributed by atoms with Gasteiger partial charge in [0, 0.05) is 26.2 Å². The van der Waals surface area contributed by atoms with Crippen LogP contribution in [-0.2, 0) is 16.0 Å². The fourth-order valence-electron chi connectivity index (χ4n) is 3.80. The first-order valence-electron chi connectivity index (χ1n) is 10.6. The molecule has 0 aliphatic carbocycles. The standard InChI is InChI=1S/C24H29N3O2S/c1-18-9-10-21-23(19(18)2)25-24(30-21)27(12-6-11-26-13-15-29-16-14-26)22(28)17-20-7-4-3-5-8-20/h3-5,7-10H,6,11-17H2,1-2H3. The molecule has 2 heterocycles. The second-order valence-electron chi connectivity index (χ2n) is 7.87. The Bertz CT molecular complexity index is 996. The van der Waals surface area contributed by atoms with Gasteiger partial charge < -0.3 is 4.74 Å². The van der Waals surface area contributed by atoms with Crippen LogP contribution in [0.25, 0.3) is 10.2 Å². The number of anilines is 1. The van der Waals surface area contributed by atoms with E-state index in [0.29, 0.717) is 13.0 Å². The van der Waals surface area contributed by atoms with E-state index in [-0.39, 0.29) is 5.91 Å². The molecule has 1 amide bonds. The molecule has 0 bridgehead atoms. The first-order chi connectivity index (χ1) is 14.6. The third-order valence-corrected chi connectivity index (χ3v) is 6.81. The van der Waals surface area contributed by atoms with Crippen molar-refractivity contribution in [2.45, 2.75) is 26.7 Å². The van der Waals surface area contributed by atoms with Crippen molar-refractivity contribution in [3.05, 3.63) is 59.2 Å². The lowest BCUT2D eigenvalue weighted by Crippen LogP contribution is -2.39. The maximum atomic E-state index is 13.3. The summed E-state index contributed by atoms with van der Waals surface area (Å²) in [5.74, 6) is 0.108. The maximum Gasteiger partial charge on any atom is 0.233 e. The predicted molar refractivity (Wildman–Crippen MR) is 123 cm³/mol. The zero-order chi connectivity index (χ0) is 20.9. The van der Waals surface area contributed by atoms with E-state index in [9.17, 15) is 4.79 Å². The van der Waals surface area contributed by atoms with Crippen LogP contribution in [0.4, 0.5) is 5.13 Å². The number of carbonyl (C=O) groups is 1. The van der Waals surface area contributed by atoms with Gasteiger partial charge in [0.15, 0.2) is 5.13 Å². The maximum absolute atomic E-state index is 13.3. The average molecular weight is 424 g/mol. The largest absolute Gasteiger partial charge is 0.379 e. The molecule has 158 valence electrons. The van der Waals surface area contributed by atoms with Crippen LogP contribution >= 0.6 is 11.3 Å². The molecule has 6 heteroatoms. The van der Waals surface area contributed by atoms with Crippen LogP contribution in [0.2, 0.25) is 0 Å². The molecule has 1 aliphatic heterocycles. The summed E-state index contributed by atoms with van der Waals surface area (Å²) in [6.45, 7) is 9.40. The molecule has 3 aromatic rings. The molecule has 1 aromatic heterocycles. The van der Waals surface area contributed by atoms with E-state index in [0.717, 1.165) is 60.2 Å². The van der Waals surface area contributed by atoms with E-state index in [4.69, 9.17) is 9.72 Å². The number of ether oxygens (including phenoxy) is 1. The van der Waals surface area contributed by atoms with Gasteiger partial charge in [0.05, 0.1) is 29.9 Å². The molecule has 0 spiro atoms. The van der Waals surface area contributed by atoms with Crippen molar-refractivity contribution in [3.8, 4) is 0 Å². The van der Waals surface area contributed by atoms with Crippen LogP contribution < -0.4 is 4.90 Å². The van der Waals surface area contributed by atoms with Crippen molar-refractivity contribution in [2.24, 2.45) is 0 Å². The summed E-state index contributed by atoms with van der Waals surface area (Å²) in [6, 6.07) is 14.2. The fourth-order valence-corrected chi connectivity index (χ4v) is 4.87. The summed E-state index contributed by atoms with van der Waals surface area (Å²) in [6.07, 6.45) is 1.32. The predicted octanol–water partition coefficient (Wildman–Crippen LogP) is 4.21. The van der Waals surface area contributed by atoms with Gasteiger partial charge in [-0.05, 0) is 43.0 Å². The van der Waals surface area contributed by atoms with Crippen molar-refractivity contribution >= 4 is 32.6 Å². The second-order valence-corrected chi connectivity index (χ2v) is 8.88. The molecule has 0 atom stereocenters. The lowest BCUT2D eigenvalue weighted by atomic mass is 10.1. The number of aryl methyl sites for hydroxylation is 2. The number of thiazole rings is 1. The smallest absolute Gasteiger partial charge is 0.233 e. The molecule has 30 heavy (non-hydrogen) atoms. The molecule has 0 N–H and O–H groups in total. The first kappa shape index (κ1) is 21.0. The number of nitrogens with zero attached hydrogens (tertiary/aromatic N) is 3. The second kappa shape index (κ2) is 9.69. The van der Waals surface area contributed by atoms with E-state index < -0.39 is 0 Å². The number of rotatable bonds is 7. The van der Waals surface area contributed by atoms with Crippen LogP contribution in [-0.4, -0.2) is 55.2 Å². The molecule has 2 aromatic carbocycles. The molecule has 0 radical (unpaired) electrons. The number of hydrogen-bond acceptors (Lipinski definition) is 5. The van der Waals surface area contributed by atoms with Crippen LogP contribution in [0.3, 0.4) is 0 Å². The van der Waals surface area contributed by atoms with Crippen LogP contribution in [0.15, 0.2) is 42.5 Å². The van der Waals surface area contributed by atoms with Crippen molar-refractivity contribution in [3.63, 3.8) is 0 Å². The Hall–Kier alpha value is -2.28. The summed E-state index contributed by atoms with van der Waals surface area (Å²) < 4.78 is 6.58. The van der Waals surface area contributed by atoms with E-state index in [1.807, 2.05) is 35.2 Å². The third-order valence-electron chi connectivity index (χ3n) is 5.76. The summed E-state index contributed by atoms with van der Waals surface area (Å²) >= 11 is 1.61. The minimum atomic E-state index is 0.108. The van der Waals surface area contributed by atoms with Crippen molar-refractivity contribution in [1.82, 2.24) is 9.88 Å². The van der Waals surface area contributed by atoms with E-state index in [1.54, 1.807) is 11.3 Å². The van der Waals surface area contributed by atoms with Crippen molar-refractivity contribution < 1.29 is 9.53 Å². The molecule has 0 unspecified atom stereocenters. The monoisotopic (exact) mass is 423 g/mol. The summed E-state index contributed by atoms with van der Waals surface area (Å²) in [5, 5.41) is 0.807. The molecule has 1 saturated heterocycles. The molecule has 0 saturated carbocycles. The molecular weight excluding hydrogens is 394 g/mol. The molecule has 5 nitrogen and oxygen atoms in total. The summed E-state index contributed by atoms with van der Waals surface area (Å²) in [4.78, 5) is 22.5. The Kier molecular flexibility index (Phi) is 6.77. The lowest BCUT2D eigenvalue weighted by molar-refractivity contribution is -0.118. The Morgan fingerprint density at radius 1 is 1.13 bits per heavy atom. The molecule has 1 fully saturated rings. The van der Waals surface area contributed by atoms with Gasteiger partial charge in [-0.3, -0.25) is 14.6 Å². The SMILES string of the molecule is Cc1ccc2sc(N(CCCN3CCOCC3)C(=O)Cc3ccccc3)nc2c1C. The van der Waals surface area contributed by atoms with Gasteiger partial charge in [0.2, 0.25) is 5.91 Å².